The first-order chi connectivity index (χ1) is 8.95. The van der Waals surface area contributed by atoms with Crippen molar-refractivity contribution < 1.29 is 4.79 Å². The van der Waals surface area contributed by atoms with Gasteiger partial charge in [0.25, 0.3) is 0 Å². The van der Waals surface area contributed by atoms with Crippen molar-refractivity contribution in [3.8, 4) is 0 Å². The minimum absolute atomic E-state index is 0.0539. The lowest BCUT2D eigenvalue weighted by Gasteiger charge is -2.38. The van der Waals surface area contributed by atoms with Crippen LogP contribution in [0, 0.1) is 17.8 Å². The second-order valence-corrected chi connectivity index (χ2v) is 6.69. The van der Waals surface area contributed by atoms with E-state index in [4.69, 9.17) is 5.73 Å². The van der Waals surface area contributed by atoms with Crippen molar-refractivity contribution in [2.24, 2.45) is 23.5 Å². The van der Waals surface area contributed by atoms with Crippen LogP contribution in [-0.2, 0) is 4.79 Å². The van der Waals surface area contributed by atoms with Crippen LogP contribution in [0.1, 0.15) is 66.2 Å². The number of hydrogen-bond acceptors (Lipinski definition) is 2. The normalized spacial score (nSPS) is 29.3. The third kappa shape index (κ3) is 5.13. The largest absolute Gasteiger partial charge is 0.352 e. The predicted octanol–water partition coefficient (Wildman–Crippen LogP) is 3.08. The summed E-state index contributed by atoms with van der Waals surface area (Å²) in [6.07, 6.45) is 6.55. The molecule has 0 bridgehead atoms. The first kappa shape index (κ1) is 16.5. The number of unbranched alkanes of at least 4 members (excludes halogenated alkanes) is 1. The molecule has 3 unspecified atom stereocenters. The number of nitrogens with two attached hydrogens (primary N) is 1. The first-order valence-electron chi connectivity index (χ1n) is 8.01. The van der Waals surface area contributed by atoms with Crippen LogP contribution in [0.5, 0.6) is 0 Å². The van der Waals surface area contributed by atoms with Crippen LogP contribution in [-0.4, -0.2) is 18.0 Å². The minimum atomic E-state index is -0.329. The van der Waals surface area contributed by atoms with Crippen molar-refractivity contribution in [2.75, 3.05) is 0 Å². The summed E-state index contributed by atoms with van der Waals surface area (Å²) < 4.78 is 0. The summed E-state index contributed by atoms with van der Waals surface area (Å²) in [5.74, 6) is 2.01. The fraction of sp³-hybridized carbons (Fsp3) is 0.938. The first-order valence-corrected chi connectivity index (χ1v) is 8.01. The molecule has 1 aliphatic rings. The van der Waals surface area contributed by atoms with Gasteiger partial charge in [0.2, 0.25) is 5.91 Å². The molecule has 1 aliphatic carbocycles. The van der Waals surface area contributed by atoms with Gasteiger partial charge in [-0.3, -0.25) is 4.79 Å². The number of carbonyl (C=O) groups is 1. The van der Waals surface area contributed by atoms with Crippen molar-refractivity contribution in [2.45, 2.75) is 78.3 Å². The maximum atomic E-state index is 12.2. The van der Waals surface area contributed by atoms with Gasteiger partial charge < -0.3 is 11.1 Å². The van der Waals surface area contributed by atoms with Crippen molar-refractivity contribution >= 4 is 5.91 Å². The van der Waals surface area contributed by atoms with Gasteiger partial charge in [0, 0.05) is 6.04 Å². The number of nitrogens with one attached hydrogen (secondary N) is 1. The topological polar surface area (TPSA) is 55.1 Å². The van der Waals surface area contributed by atoms with Crippen molar-refractivity contribution in [3.05, 3.63) is 0 Å². The van der Waals surface area contributed by atoms with Crippen molar-refractivity contribution in [1.29, 1.82) is 0 Å². The molecule has 4 atom stereocenters. The highest BCUT2D eigenvalue weighted by Gasteiger charge is 2.32. The molecule has 19 heavy (non-hydrogen) atoms. The van der Waals surface area contributed by atoms with Gasteiger partial charge in [0.05, 0.1) is 6.04 Å². The van der Waals surface area contributed by atoms with Crippen molar-refractivity contribution in [3.63, 3.8) is 0 Å². The average molecular weight is 268 g/mol. The zero-order chi connectivity index (χ0) is 14.4. The van der Waals surface area contributed by atoms with E-state index in [-0.39, 0.29) is 11.9 Å². The van der Waals surface area contributed by atoms with Crippen LogP contribution >= 0.6 is 0 Å². The Balaban J connectivity index is 2.53. The molecule has 0 aromatic heterocycles. The van der Waals surface area contributed by atoms with Gasteiger partial charge in [0.15, 0.2) is 0 Å². The molecule has 1 amide bonds. The number of carbonyl (C=O) groups excluding carboxylic acids is 1. The van der Waals surface area contributed by atoms with E-state index in [1.807, 2.05) is 0 Å². The Morgan fingerprint density at radius 3 is 2.63 bits per heavy atom. The third-order valence-corrected chi connectivity index (χ3v) is 4.56. The van der Waals surface area contributed by atoms with Crippen LogP contribution in [0.2, 0.25) is 0 Å². The van der Waals surface area contributed by atoms with Crippen LogP contribution in [0.15, 0.2) is 0 Å². The second-order valence-electron chi connectivity index (χ2n) is 6.69. The summed E-state index contributed by atoms with van der Waals surface area (Å²) in [6.45, 7) is 8.93. The van der Waals surface area contributed by atoms with E-state index < -0.39 is 0 Å². The Morgan fingerprint density at radius 1 is 1.37 bits per heavy atom. The van der Waals surface area contributed by atoms with E-state index in [1.54, 1.807) is 0 Å². The molecule has 0 aromatic carbocycles. The van der Waals surface area contributed by atoms with E-state index in [9.17, 15) is 4.79 Å². The van der Waals surface area contributed by atoms with Crippen molar-refractivity contribution in [1.82, 2.24) is 5.32 Å². The van der Waals surface area contributed by atoms with E-state index in [0.717, 1.165) is 25.7 Å². The van der Waals surface area contributed by atoms with E-state index in [2.05, 4.69) is 33.0 Å². The number of rotatable bonds is 6. The molecule has 1 saturated carbocycles. The summed E-state index contributed by atoms with van der Waals surface area (Å²) in [5.41, 5.74) is 5.96. The van der Waals surface area contributed by atoms with Crippen LogP contribution in [0.25, 0.3) is 0 Å². The lowest BCUT2D eigenvalue weighted by molar-refractivity contribution is -0.124. The molecule has 0 heterocycles. The SMILES string of the molecule is CCCC[C@H](N)C(=O)NC1CC(C)CCC1C(C)C. The van der Waals surface area contributed by atoms with Gasteiger partial charge in [-0.05, 0) is 37.0 Å². The van der Waals surface area contributed by atoms with Gasteiger partial charge >= 0.3 is 0 Å². The molecule has 112 valence electrons. The summed E-state index contributed by atoms with van der Waals surface area (Å²) >= 11 is 0. The van der Waals surface area contributed by atoms with Gasteiger partial charge in [-0.2, -0.15) is 0 Å². The minimum Gasteiger partial charge on any atom is -0.352 e. The van der Waals surface area contributed by atoms with Gasteiger partial charge in [-0.25, -0.2) is 0 Å². The zero-order valence-electron chi connectivity index (χ0n) is 13.1. The Kier molecular flexibility index (Phi) is 6.84. The lowest BCUT2D eigenvalue weighted by Crippen LogP contribution is -2.50. The summed E-state index contributed by atoms with van der Waals surface area (Å²) in [7, 11) is 0. The summed E-state index contributed by atoms with van der Waals surface area (Å²) in [5, 5.41) is 3.23. The van der Waals surface area contributed by atoms with Gasteiger partial charge in [-0.1, -0.05) is 47.0 Å². The molecule has 0 aromatic rings. The second kappa shape index (κ2) is 7.88. The molecule has 1 rings (SSSR count). The lowest BCUT2D eigenvalue weighted by atomic mass is 9.74. The number of amides is 1. The molecule has 3 nitrogen and oxygen atoms in total. The van der Waals surface area contributed by atoms with Gasteiger partial charge in [0.1, 0.15) is 0 Å². The molecule has 0 aliphatic heterocycles. The Morgan fingerprint density at radius 2 is 2.05 bits per heavy atom. The van der Waals surface area contributed by atoms with E-state index >= 15 is 0 Å². The maximum Gasteiger partial charge on any atom is 0.237 e. The maximum absolute atomic E-state index is 12.2. The predicted molar refractivity (Wildman–Crippen MR) is 80.8 cm³/mol. The van der Waals surface area contributed by atoms with Crippen LogP contribution in [0.3, 0.4) is 0 Å². The van der Waals surface area contributed by atoms with Crippen LogP contribution < -0.4 is 11.1 Å². The monoisotopic (exact) mass is 268 g/mol. The van der Waals surface area contributed by atoms with E-state index in [1.165, 1.54) is 12.8 Å². The zero-order valence-corrected chi connectivity index (χ0v) is 13.1. The third-order valence-electron chi connectivity index (χ3n) is 4.56. The van der Waals surface area contributed by atoms with Crippen LogP contribution in [0.4, 0.5) is 0 Å². The highest BCUT2D eigenvalue weighted by atomic mass is 16.2. The molecular weight excluding hydrogens is 236 g/mol. The summed E-state index contributed by atoms with van der Waals surface area (Å²) in [4.78, 5) is 12.2. The smallest absolute Gasteiger partial charge is 0.237 e. The fourth-order valence-corrected chi connectivity index (χ4v) is 3.21. The number of hydrogen-bond donors (Lipinski definition) is 2. The molecule has 0 spiro atoms. The van der Waals surface area contributed by atoms with Gasteiger partial charge in [-0.15, -0.1) is 0 Å². The Labute approximate surface area is 118 Å². The molecule has 0 radical (unpaired) electrons. The highest BCUT2D eigenvalue weighted by molar-refractivity contribution is 5.81. The highest BCUT2D eigenvalue weighted by Crippen LogP contribution is 2.33. The average Bonchev–Trinajstić information content (AvgIpc) is 2.35. The molecule has 0 saturated heterocycles. The Bertz CT molecular complexity index is 278. The van der Waals surface area contributed by atoms with E-state index in [0.29, 0.717) is 23.8 Å². The molecule has 3 heteroatoms. The fourth-order valence-electron chi connectivity index (χ4n) is 3.21. The Hall–Kier alpha value is -0.570. The quantitative estimate of drug-likeness (QED) is 0.778. The standard InChI is InChI=1S/C16H32N2O/c1-5-6-7-14(17)16(19)18-15-10-12(4)8-9-13(15)11(2)3/h11-15H,5-10,17H2,1-4H3,(H,18,19)/t12?,13?,14-,15?/m0/s1. The molecular formula is C16H32N2O. The molecule has 3 N–H and O–H groups in total. The molecule has 1 fully saturated rings. The summed E-state index contributed by atoms with van der Waals surface area (Å²) in [6, 6.07) is -0.00563.